The number of nitrogens with one attached hydrogen (secondary N) is 1. The standard InChI is InChI=1S/C18H24N4O2/c1-14-11-20-21(12-14)9-4-8-19-18(24)22-10-7-15-5-2-3-6-16(15)17(22)13-23/h2-3,5-6,11-12,17,23H,4,7-10,13H2,1H3,(H,19,24)/t17-/m0/s1. The summed E-state index contributed by atoms with van der Waals surface area (Å²) in [6, 6.07) is 7.65. The van der Waals surface area contributed by atoms with Gasteiger partial charge in [-0.2, -0.15) is 5.10 Å². The van der Waals surface area contributed by atoms with Gasteiger partial charge in [0.15, 0.2) is 0 Å². The normalized spacial score (nSPS) is 16.8. The fourth-order valence-electron chi connectivity index (χ4n) is 3.22. The molecular formula is C18H24N4O2. The van der Waals surface area contributed by atoms with Gasteiger partial charge in [-0.25, -0.2) is 4.79 Å². The molecule has 1 aromatic carbocycles. The topological polar surface area (TPSA) is 70.4 Å². The zero-order chi connectivity index (χ0) is 16.9. The molecule has 0 fully saturated rings. The third-order valence-corrected chi connectivity index (χ3v) is 4.45. The minimum Gasteiger partial charge on any atom is -0.394 e. The Balaban J connectivity index is 1.53. The van der Waals surface area contributed by atoms with E-state index in [2.05, 4.69) is 16.5 Å². The van der Waals surface area contributed by atoms with E-state index in [0.29, 0.717) is 13.1 Å². The first-order valence-corrected chi connectivity index (χ1v) is 8.41. The molecule has 0 saturated heterocycles. The molecule has 0 radical (unpaired) electrons. The molecule has 2 amide bonds. The number of hydrogen-bond donors (Lipinski definition) is 2. The maximum Gasteiger partial charge on any atom is 0.318 e. The van der Waals surface area contributed by atoms with Gasteiger partial charge < -0.3 is 15.3 Å². The Morgan fingerprint density at radius 3 is 3.00 bits per heavy atom. The van der Waals surface area contributed by atoms with Crippen molar-refractivity contribution >= 4 is 6.03 Å². The second kappa shape index (κ2) is 7.49. The van der Waals surface area contributed by atoms with Gasteiger partial charge >= 0.3 is 6.03 Å². The van der Waals surface area contributed by atoms with Crippen LogP contribution in [0.15, 0.2) is 36.7 Å². The molecule has 6 nitrogen and oxygen atoms in total. The molecule has 1 aromatic heterocycles. The van der Waals surface area contributed by atoms with Crippen molar-refractivity contribution in [3.8, 4) is 0 Å². The number of carbonyl (C=O) groups excluding carboxylic acids is 1. The monoisotopic (exact) mass is 328 g/mol. The van der Waals surface area contributed by atoms with Gasteiger partial charge in [-0.1, -0.05) is 24.3 Å². The third-order valence-electron chi connectivity index (χ3n) is 4.45. The molecule has 0 bridgehead atoms. The number of carbonyl (C=O) groups is 1. The highest BCUT2D eigenvalue weighted by Gasteiger charge is 2.29. The lowest BCUT2D eigenvalue weighted by atomic mass is 9.93. The van der Waals surface area contributed by atoms with Crippen LogP contribution in [0.4, 0.5) is 4.79 Å². The highest BCUT2D eigenvalue weighted by atomic mass is 16.3. The number of fused-ring (bicyclic) bond motifs is 1. The molecule has 0 unspecified atom stereocenters. The molecule has 24 heavy (non-hydrogen) atoms. The van der Waals surface area contributed by atoms with E-state index in [0.717, 1.165) is 30.5 Å². The molecule has 1 aliphatic rings. The van der Waals surface area contributed by atoms with Crippen molar-refractivity contribution in [1.29, 1.82) is 0 Å². The second-order valence-electron chi connectivity index (χ2n) is 6.21. The number of hydrogen-bond acceptors (Lipinski definition) is 3. The van der Waals surface area contributed by atoms with Crippen molar-refractivity contribution in [2.75, 3.05) is 19.7 Å². The van der Waals surface area contributed by atoms with Crippen LogP contribution in [0.3, 0.4) is 0 Å². The lowest BCUT2D eigenvalue weighted by Gasteiger charge is -2.36. The highest BCUT2D eigenvalue weighted by Crippen LogP contribution is 2.29. The Bertz CT molecular complexity index is 698. The van der Waals surface area contributed by atoms with Crippen LogP contribution in [-0.4, -0.2) is 45.5 Å². The third kappa shape index (κ3) is 3.59. The molecule has 0 spiro atoms. The van der Waals surface area contributed by atoms with Gasteiger partial charge in [0.05, 0.1) is 18.8 Å². The molecular weight excluding hydrogens is 304 g/mol. The number of amides is 2. The summed E-state index contributed by atoms with van der Waals surface area (Å²) < 4.78 is 1.88. The van der Waals surface area contributed by atoms with E-state index in [1.165, 1.54) is 5.56 Å². The van der Waals surface area contributed by atoms with Gasteiger partial charge in [0.1, 0.15) is 0 Å². The Morgan fingerprint density at radius 1 is 1.42 bits per heavy atom. The van der Waals surface area contributed by atoms with Crippen LogP contribution < -0.4 is 5.32 Å². The van der Waals surface area contributed by atoms with Crippen LogP contribution in [0.1, 0.15) is 29.2 Å². The van der Waals surface area contributed by atoms with E-state index in [1.807, 2.05) is 42.2 Å². The van der Waals surface area contributed by atoms with Crippen LogP contribution in [0.2, 0.25) is 0 Å². The van der Waals surface area contributed by atoms with E-state index < -0.39 is 0 Å². The van der Waals surface area contributed by atoms with Gasteiger partial charge in [-0.15, -0.1) is 0 Å². The lowest BCUT2D eigenvalue weighted by Crippen LogP contribution is -2.47. The lowest BCUT2D eigenvalue weighted by molar-refractivity contribution is 0.127. The summed E-state index contributed by atoms with van der Waals surface area (Å²) in [5.41, 5.74) is 3.40. The molecule has 0 aliphatic carbocycles. The number of aromatic nitrogens is 2. The summed E-state index contributed by atoms with van der Waals surface area (Å²) in [7, 11) is 0. The molecule has 1 atom stereocenters. The Kier molecular flexibility index (Phi) is 5.15. The van der Waals surface area contributed by atoms with Crippen molar-refractivity contribution in [3.05, 3.63) is 53.3 Å². The van der Waals surface area contributed by atoms with Gasteiger partial charge in [0, 0.05) is 25.8 Å². The maximum absolute atomic E-state index is 12.5. The summed E-state index contributed by atoms with van der Waals surface area (Å²) in [6.45, 7) is 3.95. The van der Waals surface area contributed by atoms with Gasteiger partial charge in [-0.05, 0) is 36.5 Å². The van der Waals surface area contributed by atoms with Crippen molar-refractivity contribution < 1.29 is 9.90 Å². The second-order valence-corrected chi connectivity index (χ2v) is 6.21. The largest absolute Gasteiger partial charge is 0.394 e. The fraction of sp³-hybridized carbons (Fsp3) is 0.444. The van der Waals surface area contributed by atoms with Crippen LogP contribution in [0.25, 0.3) is 0 Å². The van der Waals surface area contributed by atoms with E-state index in [1.54, 1.807) is 4.90 Å². The van der Waals surface area contributed by atoms with Gasteiger partial charge in [0.2, 0.25) is 0 Å². The first kappa shape index (κ1) is 16.5. The van der Waals surface area contributed by atoms with E-state index >= 15 is 0 Å². The minimum atomic E-state index is -0.260. The van der Waals surface area contributed by atoms with E-state index in [-0.39, 0.29) is 18.7 Å². The summed E-state index contributed by atoms with van der Waals surface area (Å²) in [5.74, 6) is 0. The fourth-order valence-corrected chi connectivity index (χ4v) is 3.22. The molecule has 0 saturated carbocycles. The molecule has 6 heteroatoms. The summed E-state index contributed by atoms with van der Waals surface area (Å²) in [4.78, 5) is 14.2. The number of aliphatic hydroxyl groups is 1. The first-order valence-electron chi connectivity index (χ1n) is 8.41. The van der Waals surface area contributed by atoms with Crippen LogP contribution >= 0.6 is 0 Å². The Morgan fingerprint density at radius 2 is 2.25 bits per heavy atom. The quantitative estimate of drug-likeness (QED) is 0.824. The molecule has 2 heterocycles. The van der Waals surface area contributed by atoms with Crippen molar-refractivity contribution in [2.24, 2.45) is 0 Å². The number of benzene rings is 1. The maximum atomic E-state index is 12.5. The number of aliphatic hydroxyl groups excluding tert-OH is 1. The zero-order valence-corrected chi connectivity index (χ0v) is 14.0. The number of rotatable bonds is 5. The summed E-state index contributed by atoms with van der Waals surface area (Å²) >= 11 is 0. The molecule has 1 aliphatic heterocycles. The molecule has 128 valence electrons. The number of nitrogens with zero attached hydrogens (tertiary/aromatic N) is 3. The van der Waals surface area contributed by atoms with Crippen LogP contribution in [0, 0.1) is 6.92 Å². The molecule has 3 rings (SSSR count). The first-order chi connectivity index (χ1) is 11.7. The number of aryl methyl sites for hydroxylation is 2. The Labute approximate surface area is 142 Å². The highest BCUT2D eigenvalue weighted by molar-refractivity contribution is 5.75. The zero-order valence-electron chi connectivity index (χ0n) is 14.0. The minimum absolute atomic E-state index is 0.0585. The van der Waals surface area contributed by atoms with E-state index in [9.17, 15) is 9.90 Å². The number of urea groups is 1. The van der Waals surface area contributed by atoms with Gasteiger partial charge in [-0.3, -0.25) is 4.68 Å². The summed E-state index contributed by atoms with van der Waals surface area (Å²) in [6.07, 6.45) is 5.47. The average Bonchev–Trinajstić information content (AvgIpc) is 3.02. The van der Waals surface area contributed by atoms with Crippen LogP contribution in [0.5, 0.6) is 0 Å². The average molecular weight is 328 g/mol. The van der Waals surface area contributed by atoms with Crippen molar-refractivity contribution in [2.45, 2.75) is 32.4 Å². The molecule has 2 aromatic rings. The summed E-state index contributed by atoms with van der Waals surface area (Å²) in [5, 5.41) is 16.9. The van der Waals surface area contributed by atoms with Crippen molar-refractivity contribution in [1.82, 2.24) is 20.0 Å². The Hall–Kier alpha value is -2.34. The predicted octanol–water partition coefficient (Wildman–Crippen LogP) is 1.88. The predicted molar refractivity (Wildman–Crippen MR) is 91.7 cm³/mol. The smallest absolute Gasteiger partial charge is 0.318 e. The van der Waals surface area contributed by atoms with Crippen LogP contribution in [-0.2, 0) is 13.0 Å². The molecule has 2 N–H and O–H groups in total. The van der Waals surface area contributed by atoms with E-state index in [4.69, 9.17) is 0 Å². The van der Waals surface area contributed by atoms with Gasteiger partial charge in [0.25, 0.3) is 0 Å². The SMILES string of the molecule is Cc1cnn(CCCNC(=O)N2CCc3ccccc3[C@@H]2CO)c1. The van der Waals surface area contributed by atoms with Crippen molar-refractivity contribution in [3.63, 3.8) is 0 Å².